The van der Waals surface area contributed by atoms with Gasteiger partial charge in [-0.2, -0.15) is 0 Å². The summed E-state index contributed by atoms with van der Waals surface area (Å²) >= 11 is 6.00. The first-order valence-electron chi connectivity index (χ1n) is 7.79. The average molecular weight is 344 g/mol. The van der Waals surface area contributed by atoms with Gasteiger partial charge in [-0.15, -0.1) is 0 Å². The fraction of sp³-hybridized carbons (Fsp3) is 0.222. The van der Waals surface area contributed by atoms with Crippen LogP contribution in [0.1, 0.15) is 12.6 Å². The molecule has 0 atom stereocenters. The van der Waals surface area contributed by atoms with Crippen LogP contribution in [0.5, 0.6) is 5.75 Å². The van der Waals surface area contributed by atoms with Gasteiger partial charge in [0.25, 0.3) is 0 Å². The molecule has 0 saturated heterocycles. The molecule has 0 saturated carbocycles. The van der Waals surface area contributed by atoms with Crippen molar-refractivity contribution in [2.45, 2.75) is 19.9 Å². The number of nitrogens with one attached hydrogen (secondary N) is 1. The van der Waals surface area contributed by atoms with Gasteiger partial charge >= 0.3 is 0 Å². The number of pyridine rings is 2. The largest absolute Gasteiger partial charge is 0.503 e. The molecule has 2 N–H and O–H groups in total. The normalized spacial score (nSPS) is 10.9. The standard InChI is InChI=1S/C18H18ClN3O2/c1-2-16-18(24)17(23)6-9-22(16)10-8-21-14-5-7-20-15-11-12(19)3-4-13(14)15/h3-7,9,11,24H,2,8,10H2,1H3,(H,20,21). The van der Waals surface area contributed by atoms with E-state index >= 15 is 0 Å². The first kappa shape index (κ1) is 16.3. The van der Waals surface area contributed by atoms with Gasteiger partial charge in [0.2, 0.25) is 5.43 Å². The molecule has 0 bridgehead atoms. The second-order valence-electron chi connectivity index (χ2n) is 5.47. The van der Waals surface area contributed by atoms with Gasteiger partial charge in [0.15, 0.2) is 5.75 Å². The van der Waals surface area contributed by atoms with Crippen molar-refractivity contribution in [3.63, 3.8) is 0 Å². The summed E-state index contributed by atoms with van der Waals surface area (Å²) in [5.74, 6) is -0.163. The third kappa shape index (κ3) is 3.21. The summed E-state index contributed by atoms with van der Waals surface area (Å²) in [6.45, 7) is 3.20. The molecule has 124 valence electrons. The second-order valence-corrected chi connectivity index (χ2v) is 5.91. The highest BCUT2D eigenvalue weighted by atomic mass is 35.5. The van der Waals surface area contributed by atoms with Crippen molar-refractivity contribution in [3.05, 3.63) is 63.7 Å². The number of fused-ring (bicyclic) bond motifs is 1. The van der Waals surface area contributed by atoms with Crippen LogP contribution in [0.4, 0.5) is 5.69 Å². The minimum atomic E-state index is -0.340. The Morgan fingerprint density at radius 3 is 2.92 bits per heavy atom. The number of anilines is 1. The Kier molecular flexibility index (Phi) is 4.71. The predicted octanol–water partition coefficient (Wildman–Crippen LogP) is 3.43. The van der Waals surface area contributed by atoms with E-state index in [0.29, 0.717) is 30.2 Å². The van der Waals surface area contributed by atoms with Crippen LogP contribution in [-0.4, -0.2) is 21.2 Å². The highest BCUT2D eigenvalue weighted by Gasteiger charge is 2.08. The minimum Gasteiger partial charge on any atom is -0.503 e. The molecule has 3 aromatic rings. The van der Waals surface area contributed by atoms with E-state index in [1.807, 2.05) is 35.8 Å². The van der Waals surface area contributed by atoms with E-state index in [4.69, 9.17) is 11.6 Å². The van der Waals surface area contributed by atoms with E-state index in [1.165, 1.54) is 6.07 Å². The Balaban J connectivity index is 1.78. The molecule has 0 unspecified atom stereocenters. The van der Waals surface area contributed by atoms with Crippen LogP contribution in [-0.2, 0) is 13.0 Å². The Hall–Kier alpha value is -2.53. The molecular weight excluding hydrogens is 326 g/mol. The van der Waals surface area contributed by atoms with E-state index in [0.717, 1.165) is 16.6 Å². The Morgan fingerprint density at radius 2 is 2.12 bits per heavy atom. The van der Waals surface area contributed by atoms with E-state index in [1.54, 1.807) is 12.4 Å². The highest BCUT2D eigenvalue weighted by Crippen LogP contribution is 2.24. The molecule has 1 aromatic carbocycles. The van der Waals surface area contributed by atoms with Crippen molar-refractivity contribution in [3.8, 4) is 5.75 Å². The zero-order chi connectivity index (χ0) is 17.1. The number of aromatic nitrogens is 2. The molecule has 3 rings (SSSR count). The van der Waals surface area contributed by atoms with Gasteiger partial charge in [-0.05, 0) is 30.7 Å². The summed E-state index contributed by atoms with van der Waals surface area (Å²) in [5, 5.41) is 14.9. The number of rotatable bonds is 5. The molecule has 0 amide bonds. The van der Waals surface area contributed by atoms with Crippen molar-refractivity contribution in [2.24, 2.45) is 0 Å². The molecule has 24 heavy (non-hydrogen) atoms. The lowest BCUT2D eigenvalue weighted by molar-refractivity contribution is 0.450. The number of halogens is 1. The van der Waals surface area contributed by atoms with Crippen LogP contribution in [0.3, 0.4) is 0 Å². The number of hydrogen-bond donors (Lipinski definition) is 2. The van der Waals surface area contributed by atoms with Crippen LogP contribution >= 0.6 is 11.6 Å². The topological polar surface area (TPSA) is 67.2 Å². The molecule has 0 radical (unpaired) electrons. The Morgan fingerprint density at radius 1 is 1.29 bits per heavy atom. The van der Waals surface area contributed by atoms with E-state index in [2.05, 4.69) is 10.3 Å². The van der Waals surface area contributed by atoms with Crippen LogP contribution in [0.2, 0.25) is 5.02 Å². The molecular formula is C18H18ClN3O2. The first-order valence-corrected chi connectivity index (χ1v) is 8.17. The fourth-order valence-corrected chi connectivity index (χ4v) is 2.94. The van der Waals surface area contributed by atoms with Gasteiger partial charge < -0.3 is 15.0 Å². The maximum Gasteiger partial charge on any atom is 0.223 e. The smallest absolute Gasteiger partial charge is 0.223 e. The minimum absolute atomic E-state index is 0.163. The van der Waals surface area contributed by atoms with Gasteiger partial charge in [-0.3, -0.25) is 9.78 Å². The van der Waals surface area contributed by atoms with Gasteiger partial charge in [0.1, 0.15) is 0 Å². The maximum atomic E-state index is 11.5. The molecule has 2 aromatic heterocycles. The lowest BCUT2D eigenvalue weighted by Crippen LogP contribution is -2.17. The summed E-state index contributed by atoms with van der Waals surface area (Å²) in [6, 6.07) is 8.91. The van der Waals surface area contributed by atoms with Crippen molar-refractivity contribution >= 4 is 28.2 Å². The summed E-state index contributed by atoms with van der Waals surface area (Å²) in [6.07, 6.45) is 4.05. The third-order valence-electron chi connectivity index (χ3n) is 3.97. The van der Waals surface area contributed by atoms with Crippen LogP contribution < -0.4 is 10.7 Å². The van der Waals surface area contributed by atoms with Crippen LogP contribution in [0, 0.1) is 0 Å². The van der Waals surface area contributed by atoms with Gasteiger partial charge in [-0.25, -0.2) is 0 Å². The first-order chi connectivity index (χ1) is 11.6. The molecule has 0 fully saturated rings. The maximum absolute atomic E-state index is 11.5. The Bertz CT molecular complexity index is 937. The molecule has 6 heteroatoms. The van der Waals surface area contributed by atoms with E-state index in [9.17, 15) is 9.90 Å². The molecule has 0 aliphatic heterocycles. The zero-order valence-electron chi connectivity index (χ0n) is 13.3. The molecule has 0 spiro atoms. The van der Waals surface area contributed by atoms with E-state index in [-0.39, 0.29) is 11.2 Å². The second kappa shape index (κ2) is 6.93. The summed E-state index contributed by atoms with van der Waals surface area (Å²) in [5.41, 5.74) is 2.12. The SMILES string of the molecule is CCc1c(O)c(=O)ccn1CCNc1ccnc2cc(Cl)ccc12. The highest BCUT2D eigenvalue weighted by molar-refractivity contribution is 6.31. The van der Waals surface area contributed by atoms with Gasteiger partial charge in [-0.1, -0.05) is 18.5 Å². The number of benzene rings is 1. The average Bonchev–Trinajstić information content (AvgIpc) is 2.58. The van der Waals surface area contributed by atoms with E-state index < -0.39 is 0 Å². The third-order valence-corrected chi connectivity index (χ3v) is 4.20. The van der Waals surface area contributed by atoms with Crippen LogP contribution in [0.15, 0.2) is 47.5 Å². The predicted molar refractivity (Wildman–Crippen MR) is 97.0 cm³/mol. The van der Waals surface area contributed by atoms with Gasteiger partial charge in [0.05, 0.1) is 11.2 Å². The quantitative estimate of drug-likeness (QED) is 0.744. The zero-order valence-corrected chi connectivity index (χ0v) is 14.0. The number of nitrogens with zero attached hydrogens (tertiary/aromatic N) is 2. The Labute approximate surface area is 144 Å². The number of hydrogen-bond acceptors (Lipinski definition) is 4. The van der Waals surface area contributed by atoms with Crippen molar-refractivity contribution in [1.82, 2.24) is 9.55 Å². The lowest BCUT2D eigenvalue weighted by atomic mass is 10.2. The fourth-order valence-electron chi connectivity index (χ4n) is 2.77. The van der Waals surface area contributed by atoms with Crippen molar-refractivity contribution in [1.29, 1.82) is 0 Å². The van der Waals surface area contributed by atoms with Crippen molar-refractivity contribution in [2.75, 3.05) is 11.9 Å². The van der Waals surface area contributed by atoms with Crippen molar-refractivity contribution < 1.29 is 5.11 Å². The molecule has 2 heterocycles. The summed E-state index contributed by atoms with van der Waals surface area (Å²) in [4.78, 5) is 15.8. The number of aromatic hydroxyl groups is 1. The monoisotopic (exact) mass is 343 g/mol. The molecule has 0 aliphatic carbocycles. The van der Waals surface area contributed by atoms with Gasteiger partial charge in [0, 0.05) is 47.6 Å². The lowest BCUT2D eigenvalue weighted by Gasteiger charge is -2.15. The molecule has 5 nitrogen and oxygen atoms in total. The van der Waals surface area contributed by atoms with Crippen LogP contribution in [0.25, 0.3) is 10.9 Å². The molecule has 0 aliphatic rings. The summed E-state index contributed by atoms with van der Waals surface area (Å²) in [7, 11) is 0. The summed E-state index contributed by atoms with van der Waals surface area (Å²) < 4.78 is 1.89.